The Morgan fingerprint density at radius 1 is 1.03 bits per heavy atom. The summed E-state index contributed by atoms with van der Waals surface area (Å²) < 4.78 is 16.0. The van der Waals surface area contributed by atoms with Crippen molar-refractivity contribution >= 4 is 0 Å². The Kier molecular flexibility index (Phi) is 5.46. The van der Waals surface area contributed by atoms with Crippen LogP contribution < -0.4 is 0 Å². The molecular weight excluding hydrogens is 367 g/mol. The number of aryl methyl sites for hydroxylation is 1. The van der Waals surface area contributed by atoms with E-state index in [-0.39, 0.29) is 5.95 Å². The molecule has 0 spiro atoms. The summed E-state index contributed by atoms with van der Waals surface area (Å²) in [5.74, 6) is 1.00. The van der Waals surface area contributed by atoms with Crippen LogP contribution in [0.2, 0.25) is 0 Å². The third-order valence-corrected chi connectivity index (χ3v) is 5.12. The molecule has 1 N–H and O–H groups in total. The van der Waals surface area contributed by atoms with Gasteiger partial charge in [0.1, 0.15) is 5.82 Å². The lowest BCUT2D eigenvalue weighted by Gasteiger charge is -2.11. The molecule has 0 amide bonds. The Bertz CT molecular complexity index is 1080. The Morgan fingerprint density at radius 2 is 1.79 bits per heavy atom. The fourth-order valence-electron chi connectivity index (χ4n) is 3.47. The second kappa shape index (κ2) is 8.34. The molecule has 0 aliphatic rings. The zero-order chi connectivity index (χ0) is 20.2. The highest BCUT2D eigenvalue weighted by Gasteiger charge is 2.14. The maximum atomic E-state index is 14.0. The van der Waals surface area contributed by atoms with Gasteiger partial charge in [-0.05, 0) is 35.2 Å². The van der Waals surface area contributed by atoms with E-state index in [0.717, 1.165) is 47.3 Å². The number of aromatic amines is 1. The summed E-state index contributed by atoms with van der Waals surface area (Å²) in [6.07, 6.45) is 2.85. The van der Waals surface area contributed by atoms with Gasteiger partial charge in [0.05, 0.1) is 5.69 Å². The predicted molar refractivity (Wildman–Crippen MR) is 110 cm³/mol. The lowest BCUT2D eigenvalue weighted by Crippen LogP contribution is -2.07. The molecule has 0 unspecified atom stereocenters. The molecule has 0 radical (unpaired) electrons. The van der Waals surface area contributed by atoms with E-state index in [1.54, 1.807) is 6.92 Å². The minimum atomic E-state index is -0.373. The van der Waals surface area contributed by atoms with Gasteiger partial charge < -0.3 is 4.57 Å². The molecule has 148 valence electrons. The Hall–Kier alpha value is -3.35. The van der Waals surface area contributed by atoms with Crippen LogP contribution in [0.1, 0.15) is 36.8 Å². The fourth-order valence-corrected chi connectivity index (χ4v) is 3.47. The van der Waals surface area contributed by atoms with Crippen molar-refractivity contribution in [3.05, 3.63) is 71.6 Å². The van der Waals surface area contributed by atoms with Gasteiger partial charge in [-0.3, -0.25) is 0 Å². The van der Waals surface area contributed by atoms with Crippen LogP contribution in [-0.4, -0.2) is 30.2 Å². The van der Waals surface area contributed by atoms with Crippen molar-refractivity contribution in [2.75, 3.05) is 0 Å². The first-order valence-electron chi connectivity index (χ1n) is 9.81. The third-order valence-electron chi connectivity index (χ3n) is 5.12. The normalized spacial score (nSPS) is 11.1. The quantitative estimate of drug-likeness (QED) is 0.502. The standard InChI is InChI=1S/C22H23FN6/c1-3-4-9-20-24-21(23)15(2)29(20)14-16-10-12-17(13-11-16)18-7-5-6-8-19(18)22-25-27-28-26-22/h5-8,10-13H,3-4,9,14H2,1-2H3,(H,25,26,27,28). The fraction of sp³-hybridized carbons (Fsp3) is 0.273. The van der Waals surface area contributed by atoms with E-state index in [1.165, 1.54) is 0 Å². The van der Waals surface area contributed by atoms with Crippen molar-refractivity contribution in [2.45, 2.75) is 39.7 Å². The van der Waals surface area contributed by atoms with Gasteiger partial charge >= 0.3 is 0 Å². The van der Waals surface area contributed by atoms with E-state index >= 15 is 0 Å². The molecule has 0 bridgehead atoms. The molecular formula is C22H23FN6. The Morgan fingerprint density at radius 3 is 2.48 bits per heavy atom. The summed E-state index contributed by atoms with van der Waals surface area (Å²) in [5.41, 5.74) is 4.71. The molecule has 7 heteroatoms. The summed E-state index contributed by atoms with van der Waals surface area (Å²) >= 11 is 0. The third kappa shape index (κ3) is 3.94. The van der Waals surface area contributed by atoms with Crippen molar-refractivity contribution in [3.63, 3.8) is 0 Å². The SMILES string of the molecule is CCCCc1nc(F)c(C)n1Cc1ccc(-c2ccccc2-c2nn[nH]n2)cc1. The molecule has 29 heavy (non-hydrogen) atoms. The first-order chi connectivity index (χ1) is 14.2. The molecule has 0 fully saturated rings. The highest BCUT2D eigenvalue weighted by atomic mass is 19.1. The molecule has 0 saturated heterocycles. The molecule has 0 saturated carbocycles. The van der Waals surface area contributed by atoms with E-state index in [9.17, 15) is 4.39 Å². The smallest absolute Gasteiger partial charge is 0.233 e. The van der Waals surface area contributed by atoms with Gasteiger partial charge in [0.2, 0.25) is 11.8 Å². The summed E-state index contributed by atoms with van der Waals surface area (Å²) in [7, 11) is 0. The topological polar surface area (TPSA) is 72.3 Å². The predicted octanol–water partition coefficient (Wildman–Crippen LogP) is 4.57. The van der Waals surface area contributed by atoms with E-state index in [2.05, 4.69) is 56.8 Å². The van der Waals surface area contributed by atoms with E-state index in [1.807, 2.05) is 28.8 Å². The second-order valence-corrected chi connectivity index (χ2v) is 7.07. The van der Waals surface area contributed by atoms with Crippen molar-refractivity contribution in [2.24, 2.45) is 0 Å². The number of unbranched alkanes of at least 4 members (excludes halogenated alkanes) is 1. The van der Waals surface area contributed by atoms with Crippen molar-refractivity contribution in [1.82, 2.24) is 30.2 Å². The van der Waals surface area contributed by atoms with E-state index in [4.69, 9.17) is 0 Å². The monoisotopic (exact) mass is 390 g/mol. The average Bonchev–Trinajstić information content (AvgIpc) is 3.37. The number of nitrogens with zero attached hydrogens (tertiary/aromatic N) is 5. The first kappa shape index (κ1) is 19.0. The zero-order valence-electron chi connectivity index (χ0n) is 16.6. The number of rotatable bonds is 7. The molecule has 2 aromatic heterocycles. The summed E-state index contributed by atoms with van der Waals surface area (Å²) in [6, 6.07) is 16.3. The van der Waals surface area contributed by atoms with Crippen molar-refractivity contribution < 1.29 is 4.39 Å². The number of nitrogens with one attached hydrogen (secondary N) is 1. The van der Waals surface area contributed by atoms with Gasteiger partial charge in [-0.1, -0.05) is 61.9 Å². The van der Waals surface area contributed by atoms with Crippen LogP contribution in [0.15, 0.2) is 48.5 Å². The summed E-state index contributed by atoms with van der Waals surface area (Å²) in [5, 5.41) is 14.4. The van der Waals surface area contributed by atoms with Crippen molar-refractivity contribution in [1.29, 1.82) is 0 Å². The van der Waals surface area contributed by atoms with Crippen LogP contribution in [0.3, 0.4) is 0 Å². The Labute approximate surface area is 168 Å². The molecule has 0 aliphatic heterocycles. The van der Waals surface area contributed by atoms with Gasteiger partial charge in [-0.25, -0.2) is 4.98 Å². The van der Waals surface area contributed by atoms with E-state index in [0.29, 0.717) is 18.1 Å². The average molecular weight is 390 g/mol. The number of hydrogen-bond donors (Lipinski definition) is 1. The first-order valence-corrected chi connectivity index (χ1v) is 9.81. The molecule has 2 heterocycles. The van der Waals surface area contributed by atoms with Crippen LogP contribution in [0.25, 0.3) is 22.5 Å². The van der Waals surface area contributed by atoms with Crippen LogP contribution in [0.4, 0.5) is 4.39 Å². The lowest BCUT2D eigenvalue weighted by atomic mass is 9.98. The van der Waals surface area contributed by atoms with Gasteiger partial charge in [-0.2, -0.15) is 9.60 Å². The summed E-state index contributed by atoms with van der Waals surface area (Å²) in [4.78, 5) is 4.12. The molecule has 2 aromatic carbocycles. The minimum absolute atomic E-state index is 0.373. The number of H-pyrrole nitrogens is 1. The number of tetrazole rings is 1. The van der Waals surface area contributed by atoms with E-state index < -0.39 is 0 Å². The Balaban J connectivity index is 1.61. The minimum Gasteiger partial charge on any atom is -0.325 e. The zero-order valence-corrected chi connectivity index (χ0v) is 16.6. The molecule has 0 aliphatic carbocycles. The summed E-state index contributed by atoms with van der Waals surface area (Å²) in [6.45, 7) is 4.52. The lowest BCUT2D eigenvalue weighted by molar-refractivity contribution is 0.575. The van der Waals surface area contributed by atoms with Crippen LogP contribution in [-0.2, 0) is 13.0 Å². The van der Waals surface area contributed by atoms with Crippen LogP contribution >= 0.6 is 0 Å². The highest BCUT2D eigenvalue weighted by molar-refractivity contribution is 5.80. The molecule has 0 atom stereocenters. The van der Waals surface area contributed by atoms with Crippen LogP contribution in [0.5, 0.6) is 0 Å². The largest absolute Gasteiger partial charge is 0.325 e. The molecule has 4 aromatic rings. The number of hydrogen-bond acceptors (Lipinski definition) is 4. The maximum Gasteiger partial charge on any atom is 0.233 e. The molecule has 4 rings (SSSR count). The van der Waals surface area contributed by atoms with Gasteiger partial charge in [0.15, 0.2) is 0 Å². The van der Waals surface area contributed by atoms with Crippen LogP contribution in [0, 0.1) is 12.9 Å². The highest BCUT2D eigenvalue weighted by Crippen LogP contribution is 2.30. The van der Waals surface area contributed by atoms with Gasteiger partial charge in [0, 0.05) is 18.5 Å². The number of imidazole rings is 1. The van der Waals surface area contributed by atoms with Gasteiger partial charge in [-0.15, -0.1) is 10.2 Å². The molecule has 6 nitrogen and oxygen atoms in total. The maximum absolute atomic E-state index is 14.0. The number of halogens is 1. The van der Waals surface area contributed by atoms with Gasteiger partial charge in [0.25, 0.3) is 0 Å². The number of benzene rings is 2. The number of aromatic nitrogens is 6. The second-order valence-electron chi connectivity index (χ2n) is 7.07. The van der Waals surface area contributed by atoms with Crippen molar-refractivity contribution in [3.8, 4) is 22.5 Å².